The Morgan fingerprint density at radius 2 is 1.54 bits per heavy atom. The molecule has 0 aliphatic carbocycles. The van der Waals surface area contributed by atoms with Gasteiger partial charge in [0.05, 0.1) is 27.8 Å². The Labute approximate surface area is 152 Å². The quantitative estimate of drug-likeness (QED) is 0.533. The summed E-state index contributed by atoms with van der Waals surface area (Å²) in [4.78, 5) is 24.5. The number of benzene rings is 2. The van der Waals surface area contributed by atoms with Gasteiger partial charge in [-0.25, -0.2) is 0 Å². The minimum atomic E-state index is -0.879. The smallest absolute Gasteiger partial charge is 0.310 e. The number of rotatable bonds is 8. The van der Waals surface area contributed by atoms with Gasteiger partial charge in [0, 0.05) is 5.56 Å². The second-order valence-corrected chi connectivity index (χ2v) is 5.59. The van der Waals surface area contributed by atoms with E-state index in [9.17, 15) is 9.59 Å². The number of carbonyl (C=O) groups is 2. The lowest BCUT2D eigenvalue weighted by Gasteiger charge is -2.13. The van der Waals surface area contributed by atoms with Gasteiger partial charge < -0.3 is 18.9 Å². The number of hydrogen-bond acceptors (Lipinski definition) is 6. The standard InChI is InChI=1S/C20H22O6/c1-13(20(22)15-6-8-16(23-2)9-7-15)26-19(21)12-14-5-10-17(24-3)18(11-14)25-4/h5-11,13H,12H2,1-4H3/t13-/m1/s1. The van der Waals surface area contributed by atoms with Gasteiger partial charge in [-0.15, -0.1) is 0 Å². The van der Waals surface area contributed by atoms with Crippen molar-refractivity contribution in [1.29, 1.82) is 0 Å². The van der Waals surface area contributed by atoms with Crippen molar-refractivity contribution in [2.45, 2.75) is 19.4 Å². The minimum absolute atomic E-state index is 0.0284. The zero-order valence-electron chi connectivity index (χ0n) is 15.3. The van der Waals surface area contributed by atoms with Crippen LogP contribution in [0.15, 0.2) is 42.5 Å². The molecule has 2 rings (SSSR count). The molecule has 2 aromatic rings. The summed E-state index contributed by atoms with van der Waals surface area (Å²) in [5.74, 6) is 0.993. The van der Waals surface area contributed by atoms with E-state index in [0.29, 0.717) is 28.4 Å². The first-order valence-corrected chi connectivity index (χ1v) is 8.07. The molecule has 0 fully saturated rings. The molecule has 0 unspecified atom stereocenters. The average molecular weight is 358 g/mol. The fourth-order valence-electron chi connectivity index (χ4n) is 2.44. The van der Waals surface area contributed by atoms with Crippen molar-refractivity contribution < 1.29 is 28.5 Å². The number of Topliss-reactive ketones (excluding diaryl/α,β-unsaturated/α-hetero) is 1. The van der Waals surface area contributed by atoms with Gasteiger partial charge in [-0.1, -0.05) is 6.07 Å². The Balaban J connectivity index is 1.98. The van der Waals surface area contributed by atoms with Gasteiger partial charge in [0.2, 0.25) is 5.78 Å². The highest BCUT2D eigenvalue weighted by Gasteiger charge is 2.20. The average Bonchev–Trinajstić information content (AvgIpc) is 2.67. The molecular weight excluding hydrogens is 336 g/mol. The van der Waals surface area contributed by atoms with Crippen LogP contribution in [0.25, 0.3) is 0 Å². The van der Waals surface area contributed by atoms with Gasteiger partial charge in [0.15, 0.2) is 17.6 Å². The van der Waals surface area contributed by atoms with Gasteiger partial charge in [0.25, 0.3) is 0 Å². The van der Waals surface area contributed by atoms with Gasteiger partial charge in [0.1, 0.15) is 5.75 Å². The fourth-order valence-corrected chi connectivity index (χ4v) is 2.44. The van der Waals surface area contributed by atoms with E-state index in [-0.39, 0.29) is 12.2 Å². The van der Waals surface area contributed by atoms with E-state index in [1.165, 1.54) is 14.2 Å². The third-order valence-corrected chi connectivity index (χ3v) is 3.85. The number of carbonyl (C=O) groups excluding carboxylic acids is 2. The molecule has 0 bridgehead atoms. The fraction of sp³-hybridized carbons (Fsp3) is 0.300. The highest BCUT2D eigenvalue weighted by molar-refractivity contribution is 6.00. The summed E-state index contributed by atoms with van der Waals surface area (Å²) in [6, 6.07) is 11.8. The lowest BCUT2D eigenvalue weighted by Crippen LogP contribution is -2.25. The van der Waals surface area contributed by atoms with E-state index in [1.54, 1.807) is 56.5 Å². The van der Waals surface area contributed by atoms with Crippen molar-refractivity contribution in [3.8, 4) is 17.2 Å². The Morgan fingerprint density at radius 1 is 0.885 bits per heavy atom. The van der Waals surface area contributed by atoms with E-state index in [2.05, 4.69) is 0 Å². The van der Waals surface area contributed by atoms with Crippen LogP contribution in [0.5, 0.6) is 17.2 Å². The second kappa shape index (κ2) is 8.89. The molecule has 138 valence electrons. The summed E-state index contributed by atoms with van der Waals surface area (Å²) < 4.78 is 20.7. The molecule has 0 heterocycles. The summed E-state index contributed by atoms with van der Waals surface area (Å²) in [5.41, 5.74) is 1.16. The Hall–Kier alpha value is -3.02. The molecule has 0 N–H and O–H groups in total. The van der Waals surface area contributed by atoms with Crippen LogP contribution in [-0.2, 0) is 16.0 Å². The first-order valence-electron chi connectivity index (χ1n) is 8.07. The summed E-state index contributed by atoms with van der Waals surface area (Å²) in [7, 11) is 4.61. The van der Waals surface area contributed by atoms with Crippen LogP contribution < -0.4 is 14.2 Å². The van der Waals surface area contributed by atoms with Crippen LogP contribution in [-0.4, -0.2) is 39.2 Å². The number of ether oxygens (including phenoxy) is 4. The maximum atomic E-state index is 12.4. The zero-order chi connectivity index (χ0) is 19.1. The molecule has 0 aromatic heterocycles. The van der Waals surface area contributed by atoms with E-state index in [0.717, 1.165) is 0 Å². The van der Waals surface area contributed by atoms with Crippen LogP contribution in [0, 0.1) is 0 Å². The highest BCUT2D eigenvalue weighted by atomic mass is 16.5. The van der Waals surface area contributed by atoms with Crippen molar-refractivity contribution in [1.82, 2.24) is 0 Å². The molecule has 1 atom stereocenters. The molecule has 0 radical (unpaired) electrons. The zero-order valence-corrected chi connectivity index (χ0v) is 15.3. The Bertz CT molecular complexity index is 766. The Morgan fingerprint density at radius 3 is 2.12 bits per heavy atom. The number of esters is 1. The van der Waals surface area contributed by atoms with Crippen molar-refractivity contribution in [2.75, 3.05) is 21.3 Å². The number of ketones is 1. The van der Waals surface area contributed by atoms with Crippen molar-refractivity contribution in [2.24, 2.45) is 0 Å². The SMILES string of the molecule is COc1ccc(C(=O)[C@@H](C)OC(=O)Cc2ccc(OC)c(OC)c2)cc1. The van der Waals surface area contributed by atoms with Gasteiger partial charge >= 0.3 is 5.97 Å². The molecular formula is C20H22O6. The first kappa shape index (κ1) is 19.3. The topological polar surface area (TPSA) is 71.1 Å². The summed E-state index contributed by atoms with van der Waals surface area (Å²) in [6.07, 6.45) is -0.850. The molecule has 0 saturated carbocycles. The van der Waals surface area contributed by atoms with Crippen LogP contribution in [0.3, 0.4) is 0 Å². The third kappa shape index (κ3) is 4.75. The van der Waals surface area contributed by atoms with Crippen LogP contribution in [0.2, 0.25) is 0 Å². The summed E-state index contributed by atoms with van der Waals surface area (Å²) >= 11 is 0. The summed E-state index contributed by atoms with van der Waals surface area (Å²) in [5, 5.41) is 0. The van der Waals surface area contributed by atoms with E-state index < -0.39 is 12.1 Å². The predicted molar refractivity (Wildman–Crippen MR) is 96.1 cm³/mol. The number of hydrogen-bond donors (Lipinski definition) is 0. The molecule has 6 heteroatoms. The molecule has 0 saturated heterocycles. The maximum absolute atomic E-state index is 12.4. The molecule has 0 aliphatic rings. The van der Waals surface area contributed by atoms with Crippen molar-refractivity contribution >= 4 is 11.8 Å². The van der Waals surface area contributed by atoms with Gasteiger partial charge in [-0.2, -0.15) is 0 Å². The van der Waals surface area contributed by atoms with E-state index >= 15 is 0 Å². The lowest BCUT2D eigenvalue weighted by atomic mass is 10.1. The van der Waals surface area contributed by atoms with E-state index in [4.69, 9.17) is 18.9 Å². The maximum Gasteiger partial charge on any atom is 0.310 e. The third-order valence-electron chi connectivity index (χ3n) is 3.85. The summed E-state index contributed by atoms with van der Waals surface area (Å²) in [6.45, 7) is 1.55. The van der Waals surface area contributed by atoms with Crippen molar-refractivity contribution in [3.05, 3.63) is 53.6 Å². The minimum Gasteiger partial charge on any atom is -0.497 e. The first-order chi connectivity index (χ1) is 12.5. The molecule has 0 amide bonds. The van der Waals surface area contributed by atoms with Gasteiger partial charge in [-0.3, -0.25) is 9.59 Å². The highest BCUT2D eigenvalue weighted by Crippen LogP contribution is 2.27. The monoisotopic (exact) mass is 358 g/mol. The van der Waals surface area contributed by atoms with E-state index in [1.807, 2.05) is 0 Å². The molecule has 2 aromatic carbocycles. The van der Waals surface area contributed by atoms with Crippen LogP contribution >= 0.6 is 0 Å². The lowest BCUT2D eigenvalue weighted by molar-refractivity contribution is -0.145. The molecule has 0 spiro atoms. The van der Waals surface area contributed by atoms with Crippen LogP contribution in [0.4, 0.5) is 0 Å². The second-order valence-electron chi connectivity index (χ2n) is 5.59. The Kier molecular flexibility index (Phi) is 6.60. The predicted octanol–water partition coefficient (Wildman–Crippen LogP) is 3.07. The van der Waals surface area contributed by atoms with Crippen LogP contribution in [0.1, 0.15) is 22.8 Å². The molecule has 0 aliphatic heterocycles. The number of methoxy groups -OCH3 is 3. The molecule has 6 nitrogen and oxygen atoms in total. The normalized spacial score (nSPS) is 11.4. The molecule has 26 heavy (non-hydrogen) atoms. The van der Waals surface area contributed by atoms with Gasteiger partial charge in [-0.05, 0) is 48.9 Å². The van der Waals surface area contributed by atoms with Crippen molar-refractivity contribution in [3.63, 3.8) is 0 Å². The largest absolute Gasteiger partial charge is 0.497 e.